The van der Waals surface area contributed by atoms with Gasteiger partial charge in [0.25, 0.3) is 0 Å². The molecule has 0 amide bonds. The zero-order chi connectivity index (χ0) is 16.9. The van der Waals surface area contributed by atoms with Crippen molar-refractivity contribution in [2.45, 2.75) is 0 Å². The Labute approximate surface area is 136 Å². The summed E-state index contributed by atoms with van der Waals surface area (Å²) in [5.41, 5.74) is 2.08. The SMILES string of the molecule is N#CCNc1cc(-n2ncc3cc(C#N)cnc32)ncc1/C=N/O. The molecule has 0 aliphatic carbocycles. The highest BCUT2D eigenvalue weighted by molar-refractivity contribution is 5.87. The summed E-state index contributed by atoms with van der Waals surface area (Å²) in [4.78, 5) is 8.51. The molecule has 0 aliphatic rings. The molecular weight excluding hydrogens is 308 g/mol. The van der Waals surface area contributed by atoms with Crippen LogP contribution in [0.5, 0.6) is 0 Å². The van der Waals surface area contributed by atoms with E-state index in [2.05, 4.69) is 25.5 Å². The molecule has 9 heteroatoms. The fraction of sp³-hybridized carbons (Fsp3) is 0.0667. The second-order valence-electron chi connectivity index (χ2n) is 4.69. The molecule has 3 heterocycles. The number of fused-ring (bicyclic) bond motifs is 1. The van der Waals surface area contributed by atoms with E-state index >= 15 is 0 Å². The minimum absolute atomic E-state index is 0.0827. The maximum atomic E-state index is 8.92. The van der Waals surface area contributed by atoms with Gasteiger partial charge in [-0.3, -0.25) is 0 Å². The lowest BCUT2D eigenvalue weighted by molar-refractivity contribution is 0.322. The Morgan fingerprint density at radius 3 is 2.88 bits per heavy atom. The van der Waals surface area contributed by atoms with Gasteiger partial charge in [-0.05, 0) is 6.07 Å². The fourth-order valence-electron chi connectivity index (χ4n) is 2.17. The monoisotopic (exact) mass is 318 g/mol. The predicted octanol–water partition coefficient (Wildman–Crippen LogP) is 1.43. The zero-order valence-electron chi connectivity index (χ0n) is 12.2. The molecule has 3 aromatic heterocycles. The van der Waals surface area contributed by atoms with Gasteiger partial charge in [0.05, 0.1) is 24.0 Å². The molecule has 0 bridgehead atoms. The van der Waals surface area contributed by atoms with Crippen LogP contribution in [0.2, 0.25) is 0 Å². The molecule has 9 nitrogen and oxygen atoms in total. The summed E-state index contributed by atoms with van der Waals surface area (Å²) in [6.45, 7) is 0.0827. The highest BCUT2D eigenvalue weighted by Gasteiger charge is 2.11. The van der Waals surface area contributed by atoms with Gasteiger partial charge in [-0.2, -0.15) is 20.3 Å². The topological polar surface area (TPSA) is 136 Å². The number of anilines is 1. The van der Waals surface area contributed by atoms with Gasteiger partial charge in [-0.25, -0.2) is 9.97 Å². The van der Waals surface area contributed by atoms with Crippen LogP contribution in [0.15, 0.2) is 35.9 Å². The van der Waals surface area contributed by atoms with Crippen molar-refractivity contribution < 1.29 is 5.21 Å². The first kappa shape index (κ1) is 14.9. The first-order valence-electron chi connectivity index (χ1n) is 6.79. The van der Waals surface area contributed by atoms with Crippen molar-refractivity contribution >= 4 is 22.9 Å². The van der Waals surface area contributed by atoms with Crippen LogP contribution >= 0.6 is 0 Å². The summed E-state index contributed by atoms with van der Waals surface area (Å²) in [6.07, 6.45) is 5.76. The van der Waals surface area contributed by atoms with Crippen molar-refractivity contribution in [3.63, 3.8) is 0 Å². The summed E-state index contributed by atoms with van der Waals surface area (Å²) in [5, 5.41) is 37.2. The highest BCUT2D eigenvalue weighted by atomic mass is 16.4. The lowest BCUT2D eigenvalue weighted by atomic mass is 10.2. The molecule has 3 rings (SSSR count). The van der Waals surface area contributed by atoms with E-state index < -0.39 is 0 Å². The van der Waals surface area contributed by atoms with Crippen LogP contribution in [-0.2, 0) is 0 Å². The number of nitriles is 2. The van der Waals surface area contributed by atoms with Gasteiger partial charge < -0.3 is 10.5 Å². The normalized spacial score (nSPS) is 10.6. The summed E-state index contributed by atoms with van der Waals surface area (Å²) in [5.74, 6) is 0.470. The van der Waals surface area contributed by atoms with Gasteiger partial charge in [0.15, 0.2) is 11.5 Å². The Balaban J connectivity index is 2.09. The van der Waals surface area contributed by atoms with Crippen LogP contribution in [-0.4, -0.2) is 37.7 Å². The van der Waals surface area contributed by atoms with Gasteiger partial charge in [0.1, 0.15) is 12.6 Å². The number of nitrogens with one attached hydrogen (secondary N) is 1. The van der Waals surface area contributed by atoms with Crippen molar-refractivity contribution in [3.05, 3.63) is 41.9 Å². The molecule has 2 N–H and O–H groups in total. The maximum Gasteiger partial charge on any atom is 0.164 e. The van der Waals surface area contributed by atoms with Crippen molar-refractivity contribution in [1.29, 1.82) is 10.5 Å². The van der Waals surface area contributed by atoms with E-state index in [0.29, 0.717) is 33.7 Å². The maximum absolute atomic E-state index is 8.92. The second-order valence-corrected chi connectivity index (χ2v) is 4.69. The first-order valence-corrected chi connectivity index (χ1v) is 6.79. The van der Waals surface area contributed by atoms with Crippen LogP contribution in [0.3, 0.4) is 0 Å². The molecule has 0 unspecified atom stereocenters. The lowest BCUT2D eigenvalue weighted by Crippen LogP contribution is -2.07. The third-order valence-corrected chi connectivity index (χ3v) is 3.23. The minimum Gasteiger partial charge on any atom is -0.411 e. The van der Waals surface area contributed by atoms with Crippen molar-refractivity contribution in [3.8, 4) is 18.0 Å². The van der Waals surface area contributed by atoms with Gasteiger partial charge >= 0.3 is 0 Å². The van der Waals surface area contributed by atoms with Crippen LogP contribution in [0.25, 0.3) is 16.9 Å². The Morgan fingerprint density at radius 1 is 1.25 bits per heavy atom. The van der Waals surface area contributed by atoms with Gasteiger partial charge in [-0.15, -0.1) is 0 Å². The number of hydrogen-bond donors (Lipinski definition) is 2. The number of nitrogens with zero attached hydrogens (tertiary/aromatic N) is 7. The molecule has 0 atom stereocenters. The number of hydrogen-bond acceptors (Lipinski definition) is 8. The number of aromatic nitrogens is 4. The molecule has 116 valence electrons. The molecule has 0 saturated carbocycles. The second kappa shape index (κ2) is 6.42. The minimum atomic E-state index is 0.0827. The summed E-state index contributed by atoms with van der Waals surface area (Å²) in [7, 11) is 0. The first-order chi connectivity index (χ1) is 11.8. The van der Waals surface area contributed by atoms with Crippen LogP contribution < -0.4 is 5.32 Å². The number of pyridine rings is 2. The standard InChI is InChI=1S/C15H10N8O/c16-1-2-18-13-4-14(19-7-12(13)9-22-24)23-15-11(8-21-23)3-10(5-17)6-20-15/h3-4,6-9,24H,2H2,(H,18,19)/b22-9+. The van der Waals surface area contributed by atoms with Crippen LogP contribution in [0.1, 0.15) is 11.1 Å². The molecule has 24 heavy (non-hydrogen) atoms. The molecule has 0 spiro atoms. The third kappa shape index (κ3) is 2.69. The lowest BCUT2D eigenvalue weighted by Gasteiger charge is -2.09. The van der Waals surface area contributed by atoms with E-state index in [0.717, 1.165) is 0 Å². The summed E-state index contributed by atoms with van der Waals surface area (Å²) in [6, 6.07) is 7.36. The smallest absolute Gasteiger partial charge is 0.164 e. The average Bonchev–Trinajstić information content (AvgIpc) is 3.04. The van der Waals surface area contributed by atoms with Gasteiger partial charge in [0.2, 0.25) is 0 Å². The van der Waals surface area contributed by atoms with E-state index in [1.165, 1.54) is 23.3 Å². The van der Waals surface area contributed by atoms with E-state index in [9.17, 15) is 0 Å². The van der Waals surface area contributed by atoms with Crippen molar-refractivity contribution in [2.75, 3.05) is 11.9 Å². The zero-order valence-corrected chi connectivity index (χ0v) is 12.2. The Hall–Kier alpha value is -3.98. The molecule has 0 fully saturated rings. The Kier molecular flexibility index (Phi) is 3.99. The Morgan fingerprint density at radius 2 is 2.12 bits per heavy atom. The average molecular weight is 318 g/mol. The van der Waals surface area contributed by atoms with Crippen LogP contribution in [0, 0.1) is 22.7 Å². The molecule has 0 saturated heterocycles. The summed E-state index contributed by atoms with van der Waals surface area (Å²) >= 11 is 0. The van der Waals surface area contributed by atoms with Gasteiger partial charge in [-0.1, -0.05) is 5.16 Å². The van der Waals surface area contributed by atoms with Crippen LogP contribution in [0.4, 0.5) is 5.69 Å². The van der Waals surface area contributed by atoms with Gasteiger partial charge in [0, 0.05) is 35.1 Å². The molecule has 0 radical (unpaired) electrons. The highest BCUT2D eigenvalue weighted by Crippen LogP contribution is 2.20. The van der Waals surface area contributed by atoms with E-state index in [-0.39, 0.29) is 6.54 Å². The van der Waals surface area contributed by atoms with Crippen molar-refractivity contribution in [1.82, 2.24) is 19.7 Å². The molecule has 0 aromatic carbocycles. The Bertz CT molecular complexity index is 1010. The largest absolute Gasteiger partial charge is 0.411 e. The third-order valence-electron chi connectivity index (χ3n) is 3.23. The molecule has 3 aromatic rings. The van der Waals surface area contributed by atoms with E-state index in [1.54, 1.807) is 18.3 Å². The number of oxime groups is 1. The van der Waals surface area contributed by atoms with E-state index in [1.807, 2.05) is 12.1 Å². The fourth-order valence-corrected chi connectivity index (χ4v) is 2.17. The van der Waals surface area contributed by atoms with Crippen molar-refractivity contribution in [2.24, 2.45) is 5.16 Å². The predicted molar refractivity (Wildman–Crippen MR) is 84.9 cm³/mol. The summed E-state index contributed by atoms with van der Waals surface area (Å²) < 4.78 is 1.52. The quantitative estimate of drug-likeness (QED) is 0.321. The molecular formula is C15H10N8O. The van der Waals surface area contributed by atoms with E-state index in [4.69, 9.17) is 15.7 Å². The number of rotatable bonds is 4. The molecule has 0 aliphatic heterocycles.